The van der Waals surface area contributed by atoms with Gasteiger partial charge in [-0.1, -0.05) is 42.5 Å². The van der Waals surface area contributed by atoms with Gasteiger partial charge < -0.3 is 9.84 Å². The van der Waals surface area contributed by atoms with E-state index in [-0.39, 0.29) is 5.75 Å². The fourth-order valence-electron chi connectivity index (χ4n) is 2.68. The highest BCUT2D eigenvalue weighted by Gasteiger charge is 2.14. The first-order valence-electron chi connectivity index (χ1n) is 8.01. The van der Waals surface area contributed by atoms with Crippen molar-refractivity contribution < 1.29 is 9.84 Å². The number of rotatable bonds is 3. The predicted molar refractivity (Wildman–Crippen MR) is 97.9 cm³/mol. The Morgan fingerprint density at radius 3 is 2.36 bits per heavy atom. The summed E-state index contributed by atoms with van der Waals surface area (Å²) in [6, 6.07) is 22.5. The average molecular weight is 328 g/mol. The highest BCUT2D eigenvalue weighted by molar-refractivity contribution is 5.86. The van der Waals surface area contributed by atoms with Crippen molar-refractivity contribution in [2.45, 2.75) is 6.92 Å². The Hall–Kier alpha value is -3.40. The lowest BCUT2D eigenvalue weighted by atomic mass is 10.1. The van der Waals surface area contributed by atoms with Gasteiger partial charge in [0.25, 0.3) is 0 Å². The molecule has 0 aliphatic carbocycles. The Kier molecular flexibility index (Phi) is 3.78. The minimum atomic E-state index is 0.139. The summed E-state index contributed by atoms with van der Waals surface area (Å²) in [6.07, 6.45) is 0. The zero-order valence-electron chi connectivity index (χ0n) is 13.7. The Labute approximate surface area is 145 Å². The van der Waals surface area contributed by atoms with Gasteiger partial charge in [-0.05, 0) is 42.8 Å². The van der Waals surface area contributed by atoms with E-state index in [1.807, 2.05) is 61.5 Å². The molecule has 0 fully saturated rings. The third-order valence-corrected chi connectivity index (χ3v) is 4.01. The van der Waals surface area contributed by atoms with E-state index < -0.39 is 0 Å². The molecule has 1 aromatic heterocycles. The molecule has 0 atom stereocenters. The molecule has 0 saturated carbocycles. The normalized spacial score (nSPS) is 10.8. The molecule has 0 aliphatic rings. The molecule has 0 aliphatic heterocycles. The molecule has 0 bridgehead atoms. The summed E-state index contributed by atoms with van der Waals surface area (Å²) >= 11 is 0. The number of aryl methyl sites for hydroxylation is 1. The number of ether oxygens (including phenoxy) is 1. The molecule has 0 spiro atoms. The molecule has 0 unspecified atom stereocenters. The first kappa shape index (κ1) is 15.1. The number of para-hydroxylation sites is 3. The Morgan fingerprint density at radius 2 is 1.52 bits per heavy atom. The van der Waals surface area contributed by atoms with Gasteiger partial charge in [0.05, 0.1) is 16.5 Å². The number of fused-ring (bicyclic) bond motifs is 1. The summed E-state index contributed by atoms with van der Waals surface area (Å²) in [5.74, 6) is 1.78. The second-order valence-corrected chi connectivity index (χ2v) is 5.75. The summed E-state index contributed by atoms with van der Waals surface area (Å²) in [5, 5.41) is 11.0. The van der Waals surface area contributed by atoms with Crippen LogP contribution in [0, 0.1) is 6.92 Å². The molecule has 1 heterocycles. The Balaban J connectivity index is 1.91. The summed E-state index contributed by atoms with van der Waals surface area (Å²) in [6.45, 7) is 1.99. The monoisotopic (exact) mass is 328 g/mol. The minimum absolute atomic E-state index is 0.139. The van der Waals surface area contributed by atoms with Gasteiger partial charge >= 0.3 is 0 Å². The Bertz CT molecular complexity index is 1060. The van der Waals surface area contributed by atoms with Crippen LogP contribution in [0.3, 0.4) is 0 Å². The lowest BCUT2D eigenvalue weighted by Crippen LogP contribution is -1.97. The van der Waals surface area contributed by atoms with E-state index >= 15 is 0 Å². The lowest BCUT2D eigenvalue weighted by molar-refractivity contribution is 0.464. The third kappa shape index (κ3) is 2.90. The van der Waals surface area contributed by atoms with Gasteiger partial charge in [-0.25, -0.2) is 4.98 Å². The van der Waals surface area contributed by atoms with Gasteiger partial charge in [-0.15, -0.1) is 0 Å². The van der Waals surface area contributed by atoms with Crippen LogP contribution in [0.25, 0.3) is 22.3 Å². The van der Waals surface area contributed by atoms with Crippen molar-refractivity contribution in [3.8, 4) is 28.8 Å². The highest BCUT2D eigenvalue weighted by atomic mass is 16.5. The quantitative estimate of drug-likeness (QED) is 0.568. The van der Waals surface area contributed by atoms with Gasteiger partial charge in [0.2, 0.25) is 5.88 Å². The molecular formula is C21H16N2O2. The maximum absolute atomic E-state index is 10.1. The highest BCUT2D eigenvalue weighted by Crippen LogP contribution is 2.33. The number of benzene rings is 3. The number of phenols is 1. The van der Waals surface area contributed by atoms with Crippen LogP contribution >= 0.6 is 0 Å². The SMILES string of the molecule is Cc1ccccc1Oc1nc(-c2ccccc2O)nc2ccccc12. The van der Waals surface area contributed by atoms with Crippen LogP contribution in [-0.2, 0) is 0 Å². The topological polar surface area (TPSA) is 55.2 Å². The average Bonchev–Trinajstić information content (AvgIpc) is 2.64. The minimum Gasteiger partial charge on any atom is -0.507 e. The molecule has 4 heteroatoms. The second-order valence-electron chi connectivity index (χ2n) is 5.75. The number of aromatic hydroxyl groups is 1. The molecule has 1 N–H and O–H groups in total. The van der Waals surface area contributed by atoms with Crippen LogP contribution < -0.4 is 4.74 Å². The van der Waals surface area contributed by atoms with Crippen LogP contribution in [0.1, 0.15) is 5.56 Å². The number of hydrogen-bond donors (Lipinski definition) is 1. The van der Waals surface area contributed by atoms with E-state index in [4.69, 9.17) is 4.74 Å². The van der Waals surface area contributed by atoms with Crippen LogP contribution in [0.4, 0.5) is 0 Å². The fourth-order valence-corrected chi connectivity index (χ4v) is 2.68. The van der Waals surface area contributed by atoms with Crippen molar-refractivity contribution in [1.29, 1.82) is 0 Å². The van der Waals surface area contributed by atoms with Crippen molar-refractivity contribution in [2.24, 2.45) is 0 Å². The third-order valence-electron chi connectivity index (χ3n) is 4.01. The second kappa shape index (κ2) is 6.24. The van der Waals surface area contributed by atoms with E-state index in [9.17, 15) is 5.11 Å². The largest absolute Gasteiger partial charge is 0.507 e. The fraction of sp³-hybridized carbons (Fsp3) is 0.0476. The molecule has 0 radical (unpaired) electrons. The molecule has 0 saturated heterocycles. The Morgan fingerprint density at radius 1 is 0.800 bits per heavy atom. The number of aromatic nitrogens is 2. The van der Waals surface area contributed by atoms with Gasteiger partial charge in [0.1, 0.15) is 11.5 Å². The number of phenolic OH excluding ortho intramolecular Hbond substituents is 1. The first-order chi connectivity index (χ1) is 12.2. The van der Waals surface area contributed by atoms with Gasteiger partial charge in [0, 0.05) is 0 Å². The predicted octanol–water partition coefficient (Wildman–Crippen LogP) is 5.10. The van der Waals surface area contributed by atoms with Crippen molar-refractivity contribution in [2.75, 3.05) is 0 Å². The van der Waals surface area contributed by atoms with E-state index in [2.05, 4.69) is 9.97 Å². The van der Waals surface area contributed by atoms with Crippen LogP contribution in [0.15, 0.2) is 72.8 Å². The molecule has 4 nitrogen and oxygen atoms in total. The molecular weight excluding hydrogens is 312 g/mol. The standard InChI is InChI=1S/C21H16N2O2/c1-14-8-2-7-13-19(14)25-21-15-9-3-5-11-17(15)22-20(23-21)16-10-4-6-12-18(16)24/h2-13,24H,1H3. The van der Waals surface area contributed by atoms with Crippen molar-refractivity contribution in [3.63, 3.8) is 0 Å². The molecule has 4 aromatic rings. The van der Waals surface area contributed by atoms with Gasteiger partial charge in [-0.3, -0.25) is 0 Å². The van der Waals surface area contributed by atoms with Gasteiger partial charge in [-0.2, -0.15) is 4.98 Å². The summed E-state index contributed by atoms with van der Waals surface area (Å²) in [4.78, 5) is 9.15. The molecule has 0 amide bonds. The maximum Gasteiger partial charge on any atom is 0.230 e. The lowest BCUT2D eigenvalue weighted by Gasteiger charge is -2.12. The number of nitrogens with zero attached hydrogens (tertiary/aromatic N) is 2. The van der Waals surface area contributed by atoms with E-state index in [1.165, 1.54) is 0 Å². The maximum atomic E-state index is 10.1. The van der Waals surface area contributed by atoms with Crippen LogP contribution in [0.5, 0.6) is 17.4 Å². The van der Waals surface area contributed by atoms with E-state index in [1.54, 1.807) is 18.2 Å². The van der Waals surface area contributed by atoms with Crippen LogP contribution in [-0.4, -0.2) is 15.1 Å². The van der Waals surface area contributed by atoms with Crippen molar-refractivity contribution in [3.05, 3.63) is 78.4 Å². The van der Waals surface area contributed by atoms with Crippen molar-refractivity contribution >= 4 is 10.9 Å². The van der Waals surface area contributed by atoms with E-state index in [0.29, 0.717) is 17.3 Å². The smallest absolute Gasteiger partial charge is 0.230 e. The summed E-state index contributed by atoms with van der Waals surface area (Å²) in [5.41, 5.74) is 2.36. The number of hydrogen-bond acceptors (Lipinski definition) is 4. The summed E-state index contributed by atoms with van der Waals surface area (Å²) < 4.78 is 6.09. The summed E-state index contributed by atoms with van der Waals surface area (Å²) in [7, 11) is 0. The van der Waals surface area contributed by atoms with Crippen molar-refractivity contribution in [1.82, 2.24) is 9.97 Å². The molecule has 122 valence electrons. The van der Waals surface area contributed by atoms with E-state index in [0.717, 1.165) is 22.2 Å². The molecule has 25 heavy (non-hydrogen) atoms. The zero-order valence-corrected chi connectivity index (χ0v) is 13.7. The molecule has 4 rings (SSSR count). The zero-order chi connectivity index (χ0) is 17.2. The first-order valence-corrected chi connectivity index (χ1v) is 8.01. The van der Waals surface area contributed by atoms with Gasteiger partial charge in [0.15, 0.2) is 5.82 Å². The van der Waals surface area contributed by atoms with Crippen LogP contribution in [0.2, 0.25) is 0 Å². The molecule has 3 aromatic carbocycles.